The minimum absolute atomic E-state index is 0.0707. The molecule has 2 aromatic rings. The number of hydrogen-bond acceptors (Lipinski definition) is 8. The zero-order chi connectivity index (χ0) is 28.3. The normalized spacial score (nSPS) is 24.7. The molecule has 0 bridgehead atoms. The lowest BCUT2D eigenvalue weighted by molar-refractivity contribution is -0.128. The standard InChI is InChI=1S/C32H41N7O2/c1-3-30(40)39-19-18-37(21-25(39)14-15-33)31-27-13-12-24(38-17-6-9-23-8-4-5-11-29(23)38)20-28(27)34-32(35-31)41-26-10-7-16-36(2)22-26/h3-5,8,11,24-26H,1,6-7,9-10,12-14,16-22H2,2H3/t24?,25-,26?/m0/s1. The molecule has 0 saturated carbocycles. The highest BCUT2D eigenvalue weighted by Gasteiger charge is 2.35. The number of likely N-dealkylation sites (N-methyl/N-ethyl adjacent to an activating group) is 1. The minimum atomic E-state index is -0.206. The fourth-order valence-corrected chi connectivity index (χ4v) is 7.18. The summed E-state index contributed by atoms with van der Waals surface area (Å²) in [6.45, 7) is 8.44. The number of para-hydroxylation sites is 1. The molecule has 6 rings (SSSR count). The van der Waals surface area contributed by atoms with E-state index in [-0.39, 0.29) is 24.5 Å². The Morgan fingerprint density at radius 3 is 2.83 bits per heavy atom. The smallest absolute Gasteiger partial charge is 0.318 e. The minimum Gasteiger partial charge on any atom is -0.459 e. The van der Waals surface area contributed by atoms with Gasteiger partial charge >= 0.3 is 6.01 Å². The SMILES string of the molecule is C=CC(=O)N1CCN(c2nc(OC3CCCN(C)C3)nc3c2CCC(N2CCCc4ccccc42)C3)C[C@@H]1CC#N. The Balaban J connectivity index is 1.31. The van der Waals surface area contributed by atoms with E-state index in [1.807, 2.05) is 0 Å². The first-order valence-corrected chi connectivity index (χ1v) is 15.2. The van der Waals surface area contributed by atoms with Gasteiger partial charge in [0.15, 0.2) is 0 Å². The van der Waals surface area contributed by atoms with Crippen LogP contribution in [0.1, 0.15) is 48.9 Å². The van der Waals surface area contributed by atoms with Crippen molar-refractivity contribution in [1.29, 1.82) is 5.26 Å². The first-order valence-electron chi connectivity index (χ1n) is 15.2. The third-order valence-electron chi connectivity index (χ3n) is 9.21. The number of ether oxygens (including phenoxy) is 1. The van der Waals surface area contributed by atoms with Crippen molar-refractivity contribution >= 4 is 17.4 Å². The molecular weight excluding hydrogens is 514 g/mol. The van der Waals surface area contributed by atoms with E-state index >= 15 is 0 Å². The summed E-state index contributed by atoms with van der Waals surface area (Å²) in [6, 6.07) is 11.7. The largest absolute Gasteiger partial charge is 0.459 e. The van der Waals surface area contributed by atoms with Gasteiger partial charge in [-0.15, -0.1) is 0 Å². The maximum Gasteiger partial charge on any atom is 0.318 e. The van der Waals surface area contributed by atoms with E-state index < -0.39 is 0 Å². The van der Waals surface area contributed by atoms with Crippen molar-refractivity contribution in [2.45, 2.75) is 69.6 Å². The number of anilines is 2. The summed E-state index contributed by atoms with van der Waals surface area (Å²) in [6.07, 6.45) is 8.91. The average molecular weight is 556 g/mol. The fraction of sp³-hybridized carbons (Fsp3) is 0.562. The molecule has 2 unspecified atom stereocenters. The summed E-state index contributed by atoms with van der Waals surface area (Å²) in [7, 11) is 2.13. The van der Waals surface area contributed by atoms with Crippen molar-refractivity contribution < 1.29 is 9.53 Å². The number of hydrogen-bond donors (Lipinski definition) is 0. The molecule has 2 saturated heterocycles. The van der Waals surface area contributed by atoms with Gasteiger partial charge < -0.3 is 24.3 Å². The number of piperidine rings is 1. The van der Waals surface area contributed by atoms with Crippen LogP contribution in [0.15, 0.2) is 36.9 Å². The topological polar surface area (TPSA) is 88.8 Å². The zero-order valence-corrected chi connectivity index (χ0v) is 24.2. The molecule has 1 aromatic heterocycles. The van der Waals surface area contributed by atoms with Crippen molar-refractivity contribution in [3.05, 3.63) is 53.7 Å². The van der Waals surface area contributed by atoms with Gasteiger partial charge in [-0.3, -0.25) is 4.79 Å². The number of carbonyl (C=O) groups excluding carboxylic acids is 1. The van der Waals surface area contributed by atoms with Crippen LogP contribution in [0, 0.1) is 11.3 Å². The number of amides is 1. The number of rotatable bonds is 6. The molecule has 0 radical (unpaired) electrons. The lowest BCUT2D eigenvalue weighted by Crippen LogP contribution is -2.55. The van der Waals surface area contributed by atoms with Crippen LogP contribution in [0.4, 0.5) is 11.5 Å². The zero-order valence-electron chi connectivity index (χ0n) is 24.2. The quantitative estimate of drug-likeness (QED) is 0.502. The second kappa shape index (κ2) is 12.1. The number of aromatic nitrogens is 2. The van der Waals surface area contributed by atoms with Gasteiger partial charge in [0.1, 0.15) is 11.9 Å². The Labute approximate surface area is 243 Å². The third kappa shape index (κ3) is 5.76. The van der Waals surface area contributed by atoms with Gasteiger partial charge in [-0.05, 0) is 69.8 Å². The van der Waals surface area contributed by atoms with Crippen molar-refractivity contribution in [3.63, 3.8) is 0 Å². The van der Waals surface area contributed by atoms with E-state index in [0.29, 0.717) is 31.7 Å². The predicted molar refractivity (Wildman–Crippen MR) is 159 cm³/mol. The maximum atomic E-state index is 12.5. The molecule has 41 heavy (non-hydrogen) atoms. The highest BCUT2D eigenvalue weighted by atomic mass is 16.5. The molecule has 216 valence electrons. The molecular formula is C32H41N7O2. The number of piperazine rings is 1. The number of benzene rings is 1. The van der Waals surface area contributed by atoms with Crippen LogP contribution in [-0.2, 0) is 24.1 Å². The van der Waals surface area contributed by atoms with Crippen molar-refractivity contribution in [2.75, 3.05) is 56.1 Å². The molecule has 4 heterocycles. The summed E-state index contributed by atoms with van der Waals surface area (Å²) in [5.41, 5.74) is 5.08. The number of likely N-dealkylation sites (tertiary alicyclic amines) is 1. The first kappa shape index (κ1) is 27.5. The van der Waals surface area contributed by atoms with Gasteiger partial charge in [-0.25, -0.2) is 0 Å². The summed E-state index contributed by atoms with van der Waals surface area (Å²) in [5.74, 6) is 0.796. The molecule has 0 spiro atoms. The second-order valence-electron chi connectivity index (χ2n) is 11.9. The van der Waals surface area contributed by atoms with Crippen molar-refractivity contribution in [2.24, 2.45) is 0 Å². The van der Waals surface area contributed by atoms with Crippen LogP contribution in [0.5, 0.6) is 6.01 Å². The Morgan fingerprint density at radius 1 is 1.12 bits per heavy atom. The van der Waals surface area contributed by atoms with Gasteiger partial charge in [0.05, 0.1) is 24.2 Å². The number of nitrogens with zero attached hydrogens (tertiary/aromatic N) is 7. The van der Waals surface area contributed by atoms with Gasteiger partial charge in [0, 0.05) is 56.4 Å². The van der Waals surface area contributed by atoms with E-state index in [9.17, 15) is 10.1 Å². The molecule has 3 aliphatic heterocycles. The van der Waals surface area contributed by atoms with Gasteiger partial charge in [0.2, 0.25) is 5.91 Å². The Hall–Kier alpha value is -3.64. The average Bonchev–Trinajstić information content (AvgIpc) is 3.00. The maximum absolute atomic E-state index is 12.5. The Bertz CT molecular complexity index is 1320. The molecule has 9 nitrogen and oxygen atoms in total. The predicted octanol–water partition coefficient (Wildman–Crippen LogP) is 3.38. The van der Waals surface area contributed by atoms with Crippen LogP contribution >= 0.6 is 0 Å². The number of fused-ring (bicyclic) bond motifs is 2. The number of nitriles is 1. The molecule has 4 aliphatic rings. The molecule has 9 heteroatoms. The molecule has 1 amide bonds. The lowest BCUT2D eigenvalue weighted by atomic mass is 9.88. The second-order valence-corrected chi connectivity index (χ2v) is 11.9. The first-order chi connectivity index (χ1) is 20.0. The van der Waals surface area contributed by atoms with E-state index in [0.717, 1.165) is 69.7 Å². The highest BCUT2D eigenvalue weighted by molar-refractivity contribution is 5.87. The van der Waals surface area contributed by atoms with E-state index in [1.165, 1.54) is 29.3 Å². The van der Waals surface area contributed by atoms with Crippen LogP contribution in [0.3, 0.4) is 0 Å². The summed E-state index contributed by atoms with van der Waals surface area (Å²) < 4.78 is 6.48. The van der Waals surface area contributed by atoms with Gasteiger partial charge in [0.25, 0.3) is 0 Å². The van der Waals surface area contributed by atoms with Crippen LogP contribution in [-0.4, -0.2) is 90.2 Å². The van der Waals surface area contributed by atoms with Crippen molar-refractivity contribution in [1.82, 2.24) is 19.8 Å². The molecule has 2 fully saturated rings. The summed E-state index contributed by atoms with van der Waals surface area (Å²) in [5, 5.41) is 9.52. The van der Waals surface area contributed by atoms with Gasteiger partial charge in [-0.2, -0.15) is 15.2 Å². The van der Waals surface area contributed by atoms with Crippen LogP contribution in [0.25, 0.3) is 0 Å². The van der Waals surface area contributed by atoms with E-state index in [4.69, 9.17) is 14.7 Å². The van der Waals surface area contributed by atoms with Crippen LogP contribution < -0.4 is 14.5 Å². The molecule has 3 atom stereocenters. The Kier molecular flexibility index (Phi) is 8.11. The number of carbonyl (C=O) groups is 1. The molecule has 0 N–H and O–H groups in total. The van der Waals surface area contributed by atoms with E-state index in [1.54, 1.807) is 4.90 Å². The fourth-order valence-electron chi connectivity index (χ4n) is 7.18. The van der Waals surface area contributed by atoms with E-state index in [2.05, 4.69) is 58.7 Å². The third-order valence-corrected chi connectivity index (χ3v) is 9.21. The lowest BCUT2D eigenvalue weighted by Gasteiger charge is -2.43. The van der Waals surface area contributed by atoms with Gasteiger partial charge in [-0.1, -0.05) is 24.8 Å². The number of aryl methyl sites for hydroxylation is 1. The molecule has 1 aromatic carbocycles. The summed E-state index contributed by atoms with van der Waals surface area (Å²) in [4.78, 5) is 31.6. The highest BCUT2D eigenvalue weighted by Crippen LogP contribution is 2.37. The monoisotopic (exact) mass is 555 g/mol. The Morgan fingerprint density at radius 2 is 2.00 bits per heavy atom. The van der Waals surface area contributed by atoms with Crippen LogP contribution in [0.2, 0.25) is 0 Å². The van der Waals surface area contributed by atoms with Crippen molar-refractivity contribution in [3.8, 4) is 12.1 Å². The molecule has 1 aliphatic carbocycles. The summed E-state index contributed by atoms with van der Waals surface area (Å²) >= 11 is 0.